The van der Waals surface area contributed by atoms with Gasteiger partial charge in [0.1, 0.15) is 4.88 Å². The smallest absolute Gasteiger partial charge is 0.350 e. The molecule has 0 saturated carbocycles. The van der Waals surface area contributed by atoms with Gasteiger partial charge in [-0.15, -0.1) is 0 Å². The Labute approximate surface area is 155 Å². The maximum absolute atomic E-state index is 12.2. The molecule has 0 fully saturated rings. The molecule has 6 nitrogen and oxygen atoms in total. The summed E-state index contributed by atoms with van der Waals surface area (Å²) in [6, 6.07) is 11.7. The number of anilines is 1. The van der Waals surface area contributed by atoms with Crippen LogP contribution in [-0.2, 0) is 16.0 Å². The minimum absolute atomic E-state index is 0.178. The SMILES string of the molecule is CCOC(=O)c1sc(NC(=O)Cc2ccc(-n3cccc3)cc2)nc1C. The second-order valence-corrected chi connectivity index (χ2v) is 6.63. The largest absolute Gasteiger partial charge is 0.462 e. The highest BCUT2D eigenvalue weighted by Crippen LogP contribution is 2.23. The van der Waals surface area contributed by atoms with Gasteiger partial charge in [-0.1, -0.05) is 23.5 Å². The summed E-state index contributed by atoms with van der Waals surface area (Å²) < 4.78 is 6.98. The third kappa shape index (κ3) is 4.18. The number of carbonyl (C=O) groups excluding carboxylic acids is 2. The van der Waals surface area contributed by atoms with Gasteiger partial charge in [0.15, 0.2) is 5.13 Å². The van der Waals surface area contributed by atoms with Crippen LogP contribution in [0.25, 0.3) is 5.69 Å². The van der Waals surface area contributed by atoms with Crippen molar-refractivity contribution < 1.29 is 14.3 Å². The van der Waals surface area contributed by atoms with E-state index in [1.165, 1.54) is 0 Å². The average molecular weight is 369 g/mol. The van der Waals surface area contributed by atoms with Crippen molar-refractivity contribution in [3.8, 4) is 5.69 Å². The zero-order valence-electron chi connectivity index (χ0n) is 14.6. The highest BCUT2D eigenvalue weighted by atomic mass is 32.1. The molecule has 0 bridgehead atoms. The predicted octanol–water partition coefficient (Wildman–Crippen LogP) is 3.60. The van der Waals surface area contributed by atoms with Crippen molar-refractivity contribution in [2.45, 2.75) is 20.3 Å². The van der Waals surface area contributed by atoms with Crippen LogP contribution < -0.4 is 5.32 Å². The van der Waals surface area contributed by atoms with E-state index >= 15 is 0 Å². The van der Waals surface area contributed by atoms with Crippen LogP contribution in [-0.4, -0.2) is 28.0 Å². The van der Waals surface area contributed by atoms with Gasteiger partial charge in [-0.05, 0) is 43.7 Å². The van der Waals surface area contributed by atoms with Gasteiger partial charge < -0.3 is 14.6 Å². The van der Waals surface area contributed by atoms with Gasteiger partial charge in [0.05, 0.1) is 18.7 Å². The summed E-state index contributed by atoms with van der Waals surface area (Å²) in [5.41, 5.74) is 2.49. The first-order valence-electron chi connectivity index (χ1n) is 8.23. The van der Waals surface area contributed by atoms with Crippen LogP contribution in [0.2, 0.25) is 0 Å². The van der Waals surface area contributed by atoms with E-state index in [2.05, 4.69) is 10.3 Å². The highest BCUT2D eigenvalue weighted by molar-refractivity contribution is 7.17. The van der Waals surface area contributed by atoms with Crippen molar-refractivity contribution in [3.05, 3.63) is 64.9 Å². The lowest BCUT2D eigenvalue weighted by Crippen LogP contribution is -2.14. The fourth-order valence-corrected chi connectivity index (χ4v) is 3.35. The third-order valence-electron chi connectivity index (χ3n) is 3.71. The molecule has 134 valence electrons. The number of benzene rings is 1. The Hall–Kier alpha value is -2.93. The second-order valence-electron chi connectivity index (χ2n) is 5.64. The van der Waals surface area contributed by atoms with Crippen molar-refractivity contribution in [3.63, 3.8) is 0 Å². The van der Waals surface area contributed by atoms with Gasteiger partial charge in [0.25, 0.3) is 0 Å². The molecule has 1 aromatic carbocycles. The van der Waals surface area contributed by atoms with E-state index in [4.69, 9.17) is 4.74 Å². The van der Waals surface area contributed by atoms with Crippen molar-refractivity contribution in [2.24, 2.45) is 0 Å². The summed E-state index contributed by atoms with van der Waals surface area (Å²) in [6.07, 6.45) is 4.17. The first-order chi connectivity index (χ1) is 12.6. The van der Waals surface area contributed by atoms with Gasteiger partial charge in [0, 0.05) is 18.1 Å². The lowest BCUT2D eigenvalue weighted by atomic mass is 10.1. The lowest BCUT2D eigenvalue weighted by Gasteiger charge is -2.05. The fourth-order valence-electron chi connectivity index (χ4n) is 2.48. The Morgan fingerprint density at radius 2 is 1.88 bits per heavy atom. The van der Waals surface area contributed by atoms with E-state index < -0.39 is 5.97 Å². The fraction of sp³-hybridized carbons (Fsp3) is 0.211. The van der Waals surface area contributed by atoms with Crippen LogP contribution in [0.15, 0.2) is 48.8 Å². The molecule has 2 aromatic heterocycles. The van der Waals surface area contributed by atoms with Crippen molar-refractivity contribution in [1.82, 2.24) is 9.55 Å². The summed E-state index contributed by atoms with van der Waals surface area (Å²) in [7, 11) is 0. The quantitative estimate of drug-likeness (QED) is 0.674. The minimum atomic E-state index is -0.413. The zero-order chi connectivity index (χ0) is 18.5. The Morgan fingerprint density at radius 3 is 2.54 bits per heavy atom. The normalized spacial score (nSPS) is 10.5. The maximum Gasteiger partial charge on any atom is 0.350 e. The molecule has 0 radical (unpaired) electrons. The van der Waals surface area contributed by atoms with Gasteiger partial charge in [-0.3, -0.25) is 4.79 Å². The number of thiazole rings is 1. The van der Waals surface area contributed by atoms with E-state index in [1.807, 2.05) is 53.4 Å². The number of aryl methyl sites for hydroxylation is 1. The van der Waals surface area contributed by atoms with E-state index in [0.29, 0.717) is 22.3 Å². The summed E-state index contributed by atoms with van der Waals surface area (Å²) in [6.45, 7) is 3.77. The number of nitrogens with zero attached hydrogens (tertiary/aromatic N) is 2. The van der Waals surface area contributed by atoms with Gasteiger partial charge in [-0.2, -0.15) is 0 Å². The summed E-state index contributed by atoms with van der Waals surface area (Å²) in [5.74, 6) is -0.591. The third-order valence-corrected chi connectivity index (χ3v) is 4.76. The number of esters is 1. The van der Waals surface area contributed by atoms with E-state index in [9.17, 15) is 9.59 Å². The second kappa shape index (κ2) is 7.97. The molecule has 1 amide bonds. The predicted molar refractivity (Wildman–Crippen MR) is 101 cm³/mol. The number of ether oxygens (including phenoxy) is 1. The molecule has 7 heteroatoms. The first kappa shape index (κ1) is 17.9. The van der Waals surface area contributed by atoms with Crippen molar-refractivity contribution in [1.29, 1.82) is 0 Å². The number of aromatic nitrogens is 2. The Morgan fingerprint density at radius 1 is 1.19 bits per heavy atom. The van der Waals surface area contributed by atoms with Crippen LogP contribution in [0.1, 0.15) is 27.9 Å². The number of amides is 1. The summed E-state index contributed by atoms with van der Waals surface area (Å²) in [5, 5.41) is 3.15. The minimum Gasteiger partial charge on any atom is -0.462 e. The molecule has 3 rings (SSSR count). The Bertz CT molecular complexity index is 899. The molecule has 26 heavy (non-hydrogen) atoms. The molecule has 0 atom stereocenters. The number of hydrogen-bond acceptors (Lipinski definition) is 5. The molecular formula is C19H19N3O3S. The molecule has 0 aliphatic carbocycles. The molecule has 0 aliphatic rings. The van der Waals surface area contributed by atoms with E-state index in [1.54, 1.807) is 13.8 Å². The van der Waals surface area contributed by atoms with Crippen molar-refractivity contribution >= 4 is 28.3 Å². The molecular weight excluding hydrogens is 350 g/mol. The molecule has 1 N–H and O–H groups in total. The monoisotopic (exact) mass is 369 g/mol. The molecule has 2 heterocycles. The zero-order valence-corrected chi connectivity index (χ0v) is 15.4. The molecule has 0 spiro atoms. The van der Waals surface area contributed by atoms with Crippen LogP contribution in [0.5, 0.6) is 0 Å². The van der Waals surface area contributed by atoms with Crippen LogP contribution in [0.3, 0.4) is 0 Å². The van der Waals surface area contributed by atoms with Gasteiger partial charge >= 0.3 is 5.97 Å². The Balaban J connectivity index is 1.62. The number of rotatable bonds is 6. The number of hydrogen-bond donors (Lipinski definition) is 1. The molecule has 0 saturated heterocycles. The summed E-state index contributed by atoms with van der Waals surface area (Å²) >= 11 is 1.13. The van der Waals surface area contributed by atoms with Crippen LogP contribution >= 0.6 is 11.3 Å². The highest BCUT2D eigenvalue weighted by Gasteiger charge is 2.17. The molecule has 0 aliphatic heterocycles. The standard InChI is InChI=1S/C19H19N3O3S/c1-3-25-18(24)17-13(2)20-19(26-17)21-16(23)12-14-6-8-15(9-7-14)22-10-4-5-11-22/h4-11H,3,12H2,1-2H3,(H,20,21,23). The molecule has 0 unspecified atom stereocenters. The first-order valence-corrected chi connectivity index (χ1v) is 9.05. The van der Waals surface area contributed by atoms with Gasteiger partial charge in [0.2, 0.25) is 5.91 Å². The van der Waals surface area contributed by atoms with Crippen molar-refractivity contribution in [2.75, 3.05) is 11.9 Å². The Kier molecular flexibility index (Phi) is 5.48. The number of nitrogens with one attached hydrogen (secondary N) is 1. The van der Waals surface area contributed by atoms with Gasteiger partial charge in [-0.25, -0.2) is 9.78 Å². The summed E-state index contributed by atoms with van der Waals surface area (Å²) in [4.78, 5) is 28.7. The lowest BCUT2D eigenvalue weighted by molar-refractivity contribution is -0.115. The topological polar surface area (TPSA) is 73.2 Å². The van der Waals surface area contributed by atoms with Crippen LogP contribution in [0.4, 0.5) is 5.13 Å². The van der Waals surface area contributed by atoms with E-state index in [-0.39, 0.29) is 12.3 Å². The molecule has 3 aromatic rings. The maximum atomic E-state index is 12.2. The number of carbonyl (C=O) groups is 2. The van der Waals surface area contributed by atoms with E-state index in [0.717, 1.165) is 22.6 Å². The average Bonchev–Trinajstić information content (AvgIpc) is 3.25. The van der Waals surface area contributed by atoms with Crippen LogP contribution in [0, 0.1) is 6.92 Å².